The zero-order chi connectivity index (χ0) is 86.9. The van der Waals surface area contributed by atoms with E-state index in [-0.39, 0.29) is 25.7 Å². The van der Waals surface area contributed by atoms with Crippen molar-refractivity contribution < 1.29 is 122 Å². The number of aliphatic hydroxyl groups excluding tert-OH is 9. The number of phosphoric ester groups is 1. The molecule has 3 rings (SSSR count). The zero-order valence-corrected chi connectivity index (χ0v) is 75.5. The Kier molecular flexibility index (Phi) is 65.7. The number of carbonyl (C=O) groups is 4. The second kappa shape index (κ2) is 71.0. The third kappa shape index (κ3) is 51.4. The molecule has 0 aromatic carbocycles. The highest BCUT2D eigenvalue weighted by Crippen LogP contribution is 2.49. The van der Waals surface area contributed by atoms with Gasteiger partial charge in [0.25, 0.3) is 0 Å². The molecule has 0 spiro atoms. The van der Waals surface area contributed by atoms with Gasteiger partial charge in [-0.25, -0.2) is 4.57 Å². The lowest BCUT2D eigenvalue weighted by atomic mass is 9.84. The molecule has 19 atom stereocenters. The van der Waals surface area contributed by atoms with E-state index in [9.17, 15) is 74.6 Å². The minimum absolute atomic E-state index is 0.00585. The fourth-order valence-corrected chi connectivity index (χ4v) is 16.8. The number of rotatable bonds is 77. The molecule has 0 bridgehead atoms. The number of aliphatic hydroxyl groups is 9. The molecule has 19 unspecified atom stereocenters. The maximum absolute atomic E-state index is 14.9. The highest BCUT2D eigenvalue weighted by Gasteiger charge is 2.60. The lowest BCUT2D eigenvalue weighted by Gasteiger charge is -2.50. The Labute approximate surface area is 717 Å². The van der Waals surface area contributed by atoms with E-state index in [2.05, 4.69) is 58.9 Å². The predicted molar refractivity (Wildman–Crippen MR) is 462 cm³/mol. The number of phosphoric acid groups is 1. The van der Waals surface area contributed by atoms with Gasteiger partial charge >= 0.3 is 31.7 Å². The summed E-state index contributed by atoms with van der Waals surface area (Å²) in [6.07, 6.45) is 30.2. The molecular formula is C93H171O25P. The van der Waals surface area contributed by atoms with E-state index in [0.717, 1.165) is 141 Å². The van der Waals surface area contributed by atoms with E-state index in [1.807, 2.05) is 0 Å². The highest BCUT2D eigenvalue weighted by molar-refractivity contribution is 7.47. The van der Waals surface area contributed by atoms with Crippen LogP contribution in [0, 0.1) is 5.92 Å². The van der Waals surface area contributed by atoms with Crippen molar-refractivity contribution in [3.63, 3.8) is 0 Å². The summed E-state index contributed by atoms with van der Waals surface area (Å²) in [5, 5.41) is 102. The maximum atomic E-state index is 14.9. The molecule has 25 nitrogen and oxygen atoms in total. The van der Waals surface area contributed by atoms with Crippen molar-refractivity contribution in [1.82, 2.24) is 0 Å². The Morgan fingerprint density at radius 2 is 0.681 bits per heavy atom. The molecule has 2 aliphatic heterocycles. The Balaban J connectivity index is 1.93. The fourth-order valence-electron chi connectivity index (χ4n) is 15.8. The van der Waals surface area contributed by atoms with Gasteiger partial charge in [0.05, 0.1) is 13.2 Å². The Morgan fingerprint density at radius 1 is 0.353 bits per heavy atom. The highest BCUT2D eigenvalue weighted by atomic mass is 31.2. The van der Waals surface area contributed by atoms with E-state index in [0.29, 0.717) is 44.4 Å². The van der Waals surface area contributed by atoms with Gasteiger partial charge in [0.2, 0.25) is 0 Å². The van der Waals surface area contributed by atoms with Crippen LogP contribution in [0.5, 0.6) is 0 Å². The van der Waals surface area contributed by atoms with Gasteiger partial charge in [0, 0.05) is 25.7 Å². The quantitative estimate of drug-likeness (QED) is 0.00889. The number of ether oxygens (including phenoxy) is 8. The summed E-state index contributed by atoms with van der Waals surface area (Å²) in [5.41, 5.74) is 0. The minimum Gasteiger partial charge on any atom is -0.463 e. The summed E-state index contributed by atoms with van der Waals surface area (Å²) in [5.74, 6) is -2.31. The van der Waals surface area contributed by atoms with E-state index in [4.69, 9.17) is 46.9 Å². The molecule has 0 amide bonds. The number of hydrogen-bond acceptors (Lipinski definition) is 24. The predicted octanol–water partition coefficient (Wildman–Crippen LogP) is 18.0. The number of unbranched alkanes of at least 4 members (excludes halogenated alkanes) is 45. The Bertz CT molecular complexity index is 2580. The van der Waals surface area contributed by atoms with Crippen LogP contribution >= 0.6 is 7.82 Å². The van der Waals surface area contributed by atoms with Gasteiger partial charge in [0.1, 0.15) is 92.6 Å². The molecule has 0 radical (unpaired) electrons. The van der Waals surface area contributed by atoms with Crippen LogP contribution in [0.25, 0.3) is 0 Å². The molecule has 0 aromatic rings. The third-order valence-corrected chi connectivity index (χ3v) is 24.6. The van der Waals surface area contributed by atoms with Crippen LogP contribution in [0.1, 0.15) is 407 Å². The number of carbonyl (C=O) groups excluding carboxylic acids is 4. The molecule has 26 heteroatoms. The molecule has 3 fully saturated rings. The first-order valence-electron chi connectivity index (χ1n) is 48.0. The van der Waals surface area contributed by atoms with E-state index >= 15 is 0 Å². The first kappa shape index (κ1) is 110. The van der Waals surface area contributed by atoms with E-state index in [1.165, 1.54) is 167 Å². The number of esters is 4. The Hall–Kier alpha value is -3.05. The topological polar surface area (TPSA) is 380 Å². The summed E-state index contributed by atoms with van der Waals surface area (Å²) < 4.78 is 73.5. The maximum Gasteiger partial charge on any atom is 0.472 e. The van der Waals surface area contributed by atoms with Crippen molar-refractivity contribution in [1.29, 1.82) is 0 Å². The second-order valence-corrected chi connectivity index (χ2v) is 35.9. The van der Waals surface area contributed by atoms with E-state index < -0.39 is 162 Å². The molecule has 698 valence electrons. The van der Waals surface area contributed by atoms with Crippen molar-refractivity contribution in [3.05, 3.63) is 24.3 Å². The molecule has 1 saturated carbocycles. The average molecular weight is 1720 g/mol. The van der Waals surface area contributed by atoms with Crippen molar-refractivity contribution in [2.75, 3.05) is 26.4 Å². The van der Waals surface area contributed by atoms with Crippen LogP contribution in [0.2, 0.25) is 0 Å². The fraction of sp³-hybridized carbons (Fsp3) is 0.914. The van der Waals surface area contributed by atoms with Gasteiger partial charge < -0.3 is 88.7 Å². The molecule has 2 saturated heterocycles. The monoisotopic (exact) mass is 1720 g/mol. The molecule has 3 aliphatic rings. The van der Waals surface area contributed by atoms with Crippen LogP contribution in [0.4, 0.5) is 0 Å². The van der Waals surface area contributed by atoms with Gasteiger partial charge in [-0.3, -0.25) is 28.2 Å². The normalized spacial score (nSPS) is 25.2. The minimum atomic E-state index is -5.81. The Morgan fingerprint density at radius 3 is 1.10 bits per heavy atom. The van der Waals surface area contributed by atoms with Crippen molar-refractivity contribution in [2.45, 2.75) is 511 Å². The lowest BCUT2D eigenvalue weighted by Crippen LogP contribution is -2.70. The van der Waals surface area contributed by atoms with Gasteiger partial charge in [-0.15, -0.1) is 0 Å². The summed E-state index contributed by atoms with van der Waals surface area (Å²) in [4.78, 5) is 66.6. The SMILES string of the molecule is CCCCCC/C=C\CCCCCCCCCC(=O)OCC(COP(=O)(O)OC1C(OC2OC(CO)C(O)C(O)C2O)C(O)C(O)C(OC(=O)CCCCCCCCCCCCCCCCCC)C1OC1OC(COC(=O)CCCCC/C=C\CCCCCCCC)C(O)C(O)C1O)OC(=O)CCCCCCCCC(C)CCCCCCCC. The van der Waals surface area contributed by atoms with Gasteiger partial charge in [0.15, 0.2) is 24.8 Å². The molecule has 1 aliphatic carbocycles. The van der Waals surface area contributed by atoms with Crippen LogP contribution in [0.15, 0.2) is 24.3 Å². The number of hydrogen-bond donors (Lipinski definition) is 10. The third-order valence-electron chi connectivity index (χ3n) is 23.6. The summed E-state index contributed by atoms with van der Waals surface area (Å²) >= 11 is 0. The average Bonchev–Trinajstić information content (AvgIpc) is 0.754. The van der Waals surface area contributed by atoms with Crippen LogP contribution in [-0.2, 0) is 70.7 Å². The smallest absolute Gasteiger partial charge is 0.463 e. The van der Waals surface area contributed by atoms with Crippen molar-refractivity contribution in [3.8, 4) is 0 Å². The van der Waals surface area contributed by atoms with Crippen LogP contribution in [0.3, 0.4) is 0 Å². The molecule has 119 heavy (non-hydrogen) atoms. The van der Waals surface area contributed by atoms with Crippen molar-refractivity contribution >= 4 is 31.7 Å². The second-order valence-electron chi connectivity index (χ2n) is 34.5. The summed E-state index contributed by atoms with van der Waals surface area (Å²) in [6.45, 7) is 7.90. The first-order valence-corrected chi connectivity index (χ1v) is 49.5. The van der Waals surface area contributed by atoms with Gasteiger partial charge in [-0.2, -0.15) is 0 Å². The first-order chi connectivity index (χ1) is 57.6. The zero-order valence-electron chi connectivity index (χ0n) is 74.6. The molecule has 0 aromatic heterocycles. The largest absolute Gasteiger partial charge is 0.472 e. The van der Waals surface area contributed by atoms with E-state index in [1.54, 1.807) is 0 Å². The number of allylic oxidation sites excluding steroid dienone is 4. The molecular weight excluding hydrogens is 1550 g/mol. The molecule has 2 heterocycles. The van der Waals surface area contributed by atoms with Gasteiger partial charge in [-0.1, -0.05) is 329 Å². The summed E-state index contributed by atoms with van der Waals surface area (Å²) in [7, 11) is -5.81. The van der Waals surface area contributed by atoms with Crippen LogP contribution in [-0.4, -0.2) is 205 Å². The van der Waals surface area contributed by atoms with Crippen LogP contribution < -0.4 is 0 Å². The standard InChI is InChI=1S/C93H171O25P/c1-6-10-14-18-22-25-28-31-33-35-38-41-44-47-54-61-67-79(98)115-88-84(103)85(104)89(116-92-86(105)82(101)80(99)74(68-94)113-92)91(90(88)117-93-87(106)83(102)81(100)75(114-93)71-110-77(96)65-59-53-46-43-39-36-30-27-24-20-16-12-8-3)118-119(107,108)111-70-73(69-109-76(95)64-58-52-45-42-40-37-34-32-29-26-23-19-15-11-7-2)112-78(97)66-60-55-49-48-51-57-63-72(5)62-56-50-21-17-13-9-4/h26,29,36,39,72-75,80-94,99-106H,6-25,27-28,30-35,37-38,40-71H2,1-5H3,(H,107,108)/b29-26-,39-36-. The summed E-state index contributed by atoms with van der Waals surface area (Å²) in [6, 6.07) is 0. The lowest BCUT2D eigenvalue weighted by molar-refractivity contribution is -0.360. The van der Waals surface area contributed by atoms with Gasteiger partial charge in [-0.05, 0) is 83.0 Å². The molecule has 10 N–H and O–H groups in total. The van der Waals surface area contributed by atoms with Crippen molar-refractivity contribution in [2.24, 2.45) is 5.92 Å².